The number of hydrogen-bond donors (Lipinski definition) is 2. The van der Waals surface area contributed by atoms with Crippen LogP contribution in [0.3, 0.4) is 0 Å². The van der Waals surface area contributed by atoms with Crippen LogP contribution in [0.2, 0.25) is 0 Å². The van der Waals surface area contributed by atoms with E-state index in [4.69, 9.17) is 21.5 Å². The predicted octanol–water partition coefficient (Wildman–Crippen LogP) is 0.923. The highest BCUT2D eigenvalue weighted by atomic mass is 16.5. The van der Waals surface area contributed by atoms with Crippen molar-refractivity contribution in [2.24, 2.45) is 5.73 Å². The van der Waals surface area contributed by atoms with E-state index in [2.05, 4.69) is 6.07 Å². The minimum Gasteiger partial charge on any atom is -0.493 e. The summed E-state index contributed by atoms with van der Waals surface area (Å²) in [7, 11) is 0. The maximum absolute atomic E-state index is 8.92. The van der Waals surface area contributed by atoms with Gasteiger partial charge in [0.25, 0.3) is 0 Å². The van der Waals surface area contributed by atoms with Crippen molar-refractivity contribution in [1.29, 1.82) is 5.26 Å². The van der Waals surface area contributed by atoms with E-state index in [0.29, 0.717) is 23.6 Å². The van der Waals surface area contributed by atoms with Crippen LogP contribution in [0.1, 0.15) is 23.6 Å². The van der Waals surface area contributed by atoms with Crippen molar-refractivity contribution >= 4 is 5.69 Å². The summed E-state index contributed by atoms with van der Waals surface area (Å²) in [5.74, 6) is 0.653. The van der Waals surface area contributed by atoms with Crippen molar-refractivity contribution in [3.63, 3.8) is 0 Å². The zero-order chi connectivity index (χ0) is 10.1. The molecule has 4 N–H and O–H groups in total. The SMILES string of the molecule is N#Cc1cc(N)cc2c1[C@H](N)CCO2. The van der Waals surface area contributed by atoms with Crippen molar-refractivity contribution in [3.05, 3.63) is 23.3 Å². The number of fused-ring (bicyclic) bond motifs is 1. The van der Waals surface area contributed by atoms with Crippen molar-refractivity contribution in [2.45, 2.75) is 12.5 Å². The molecule has 1 atom stereocenters. The summed E-state index contributed by atoms with van der Waals surface area (Å²) in [6.45, 7) is 0.586. The van der Waals surface area contributed by atoms with Crippen LogP contribution in [-0.2, 0) is 0 Å². The monoisotopic (exact) mass is 189 g/mol. The van der Waals surface area contributed by atoms with Gasteiger partial charge in [0.1, 0.15) is 5.75 Å². The average molecular weight is 189 g/mol. The summed E-state index contributed by atoms with van der Waals surface area (Å²) >= 11 is 0. The highest BCUT2D eigenvalue weighted by Gasteiger charge is 2.22. The van der Waals surface area contributed by atoms with Crippen molar-refractivity contribution in [2.75, 3.05) is 12.3 Å². The molecule has 4 nitrogen and oxygen atoms in total. The van der Waals surface area contributed by atoms with Crippen LogP contribution in [0.5, 0.6) is 5.75 Å². The van der Waals surface area contributed by atoms with Gasteiger partial charge < -0.3 is 16.2 Å². The molecule has 1 aliphatic heterocycles. The van der Waals surface area contributed by atoms with E-state index < -0.39 is 0 Å². The molecule has 14 heavy (non-hydrogen) atoms. The fourth-order valence-corrected chi connectivity index (χ4v) is 1.68. The van der Waals surface area contributed by atoms with E-state index in [0.717, 1.165) is 12.0 Å². The van der Waals surface area contributed by atoms with E-state index in [1.165, 1.54) is 0 Å². The zero-order valence-electron chi connectivity index (χ0n) is 7.66. The molecule has 1 aromatic carbocycles. The third-order valence-corrected chi connectivity index (χ3v) is 2.34. The Morgan fingerprint density at radius 3 is 3.00 bits per heavy atom. The molecular weight excluding hydrogens is 178 g/mol. The molecular formula is C10H11N3O. The highest BCUT2D eigenvalue weighted by molar-refractivity contribution is 5.58. The lowest BCUT2D eigenvalue weighted by Crippen LogP contribution is -2.22. The Labute approximate surface area is 82.1 Å². The first-order valence-corrected chi connectivity index (χ1v) is 4.44. The number of anilines is 1. The van der Waals surface area contributed by atoms with Gasteiger partial charge in [-0.3, -0.25) is 0 Å². The molecule has 0 spiro atoms. The van der Waals surface area contributed by atoms with Crippen LogP contribution < -0.4 is 16.2 Å². The molecule has 4 heteroatoms. The lowest BCUT2D eigenvalue weighted by atomic mass is 9.96. The maximum Gasteiger partial charge on any atom is 0.127 e. The van der Waals surface area contributed by atoms with Crippen LogP contribution in [0, 0.1) is 11.3 Å². The molecule has 0 saturated heterocycles. The smallest absolute Gasteiger partial charge is 0.127 e. The maximum atomic E-state index is 8.92. The molecule has 0 amide bonds. The molecule has 0 fully saturated rings. The van der Waals surface area contributed by atoms with Gasteiger partial charge in [0, 0.05) is 29.8 Å². The second-order valence-corrected chi connectivity index (χ2v) is 3.34. The average Bonchev–Trinajstić information content (AvgIpc) is 2.16. The molecule has 1 heterocycles. The molecule has 2 rings (SSSR count). The minimum absolute atomic E-state index is 0.117. The number of nitrogens with two attached hydrogens (primary N) is 2. The van der Waals surface area contributed by atoms with Crippen LogP contribution in [-0.4, -0.2) is 6.61 Å². The first kappa shape index (κ1) is 8.85. The van der Waals surface area contributed by atoms with Gasteiger partial charge in [-0.1, -0.05) is 0 Å². The van der Waals surface area contributed by atoms with E-state index in [9.17, 15) is 0 Å². The number of ether oxygens (including phenoxy) is 1. The fourth-order valence-electron chi connectivity index (χ4n) is 1.68. The summed E-state index contributed by atoms with van der Waals surface area (Å²) in [5, 5.41) is 8.92. The predicted molar refractivity (Wildman–Crippen MR) is 52.6 cm³/mol. The first-order valence-electron chi connectivity index (χ1n) is 4.44. The standard InChI is InChI=1S/C10H11N3O/c11-5-6-3-7(12)4-9-10(6)8(13)1-2-14-9/h3-4,8H,1-2,12-13H2/t8-/m1/s1. The molecule has 72 valence electrons. The van der Waals surface area contributed by atoms with Crippen LogP contribution >= 0.6 is 0 Å². The van der Waals surface area contributed by atoms with Gasteiger partial charge in [0.2, 0.25) is 0 Å². The Morgan fingerprint density at radius 2 is 2.29 bits per heavy atom. The molecule has 0 saturated carbocycles. The first-order chi connectivity index (χ1) is 6.72. The van der Waals surface area contributed by atoms with Gasteiger partial charge in [0.05, 0.1) is 18.2 Å². The van der Waals surface area contributed by atoms with Crippen molar-refractivity contribution < 1.29 is 4.74 Å². The number of benzene rings is 1. The van der Waals surface area contributed by atoms with E-state index in [1.54, 1.807) is 12.1 Å². The molecule has 0 aliphatic carbocycles. The topological polar surface area (TPSA) is 85.1 Å². The molecule has 0 bridgehead atoms. The quantitative estimate of drug-likeness (QED) is 0.594. The van der Waals surface area contributed by atoms with Gasteiger partial charge in [-0.2, -0.15) is 5.26 Å². The van der Waals surface area contributed by atoms with Gasteiger partial charge >= 0.3 is 0 Å². The van der Waals surface area contributed by atoms with Crippen LogP contribution in [0.4, 0.5) is 5.69 Å². The molecule has 0 unspecified atom stereocenters. The third-order valence-electron chi connectivity index (χ3n) is 2.34. The molecule has 0 radical (unpaired) electrons. The van der Waals surface area contributed by atoms with E-state index in [1.807, 2.05) is 0 Å². The van der Waals surface area contributed by atoms with Crippen LogP contribution in [0.25, 0.3) is 0 Å². The second-order valence-electron chi connectivity index (χ2n) is 3.34. The van der Waals surface area contributed by atoms with Gasteiger partial charge in [-0.25, -0.2) is 0 Å². The summed E-state index contributed by atoms with van der Waals surface area (Å²) in [6.07, 6.45) is 0.742. The Morgan fingerprint density at radius 1 is 1.50 bits per heavy atom. The Kier molecular flexibility index (Phi) is 2.02. The Bertz CT molecular complexity index is 409. The highest BCUT2D eigenvalue weighted by Crippen LogP contribution is 2.34. The van der Waals surface area contributed by atoms with Crippen molar-refractivity contribution in [1.82, 2.24) is 0 Å². The van der Waals surface area contributed by atoms with Gasteiger partial charge in [-0.05, 0) is 6.07 Å². The minimum atomic E-state index is -0.117. The number of nitriles is 1. The molecule has 1 aliphatic rings. The zero-order valence-corrected chi connectivity index (χ0v) is 7.66. The largest absolute Gasteiger partial charge is 0.493 e. The Balaban J connectivity index is 2.63. The summed E-state index contributed by atoms with van der Waals surface area (Å²) in [6, 6.07) is 5.32. The summed E-state index contributed by atoms with van der Waals surface area (Å²) in [5.41, 5.74) is 13.4. The summed E-state index contributed by atoms with van der Waals surface area (Å²) < 4.78 is 5.41. The number of nitrogens with zero attached hydrogens (tertiary/aromatic N) is 1. The summed E-state index contributed by atoms with van der Waals surface area (Å²) in [4.78, 5) is 0. The van der Waals surface area contributed by atoms with Crippen molar-refractivity contribution in [3.8, 4) is 11.8 Å². The lowest BCUT2D eigenvalue weighted by Gasteiger charge is -2.24. The molecule has 0 aromatic heterocycles. The fraction of sp³-hybridized carbons (Fsp3) is 0.300. The van der Waals surface area contributed by atoms with Gasteiger partial charge in [0.15, 0.2) is 0 Å². The normalized spacial score (nSPS) is 19.3. The van der Waals surface area contributed by atoms with Crippen LogP contribution in [0.15, 0.2) is 12.1 Å². The molecule has 1 aromatic rings. The van der Waals surface area contributed by atoms with Gasteiger partial charge in [-0.15, -0.1) is 0 Å². The number of nitrogen functional groups attached to an aromatic ring is 1. The lowest BCUT2D eigenvalue weighted by molar-refractivity contribution is 0.269. The number of hydrogen-bond acceptors (Lipinski definition) is 4. The Hall–Kier alpha value is -1.73. The van der Waals surface area contributed by atoms with E-state index >= 15 is 0 Å². The third kappa shape index (κ3) is 1.28. The van der Waals surface area contributed by atoms with E-state index in [-0.39, 0.29) is 6.04 Å². The number of rotatable bonds is 0. The second kappa shape index (κ2) is 3.20.